The third kappa shape index (κ3) is 1.53. The van der Waals surface area contributed by atoms with Crippen molar-refractivity contribution in [2.75, 3.05) is 6.61 Å². The number of hydrogen-bond acceptors (Lipinski definition) is 2. The standard InChI is InChI=1S/C9H8BrFN2O/c10-8-3-6(11)4-9-7(8)5-12-13(9)1-2-14/h3-5,14H,1-2H2. The molecule has 2 aromatic rings. The van der Waals surface area contributed by atoms with Crippen LogP contribution in [0.25, 0.3) is 10.9 Å². The third-order valence-corrected chi connectivity index (χ3v) is 2.64. The fourth-order valence-corrected chi connectivity index (χ4v) is 1.90. The van der Waals surface area contributed by atoms with Crippen LogP contribution in [0.5, 0.6) is 0 Å². The van der Waals surface area contributed by atoms with Crippen LogP contribution < -0.4 is 0 Å². The van der Waals surface area contributed by atoms with E-state index in [1.165, 1.54) is 12.1 Å². The Morgan fingerprint density at radius 1 is 1.50 bits per heavy atom. The lowest BCUT2D eigenvalue weighted by molar-refractivity contribution is 0.271. The van der Waals surface area contributed by atoms with Gasteiger partial charge in [0.25, 0.3) is 0 Å². The third-order valence-electron chi connectivity index (χ3n) is 1.99. The molecular formula is C9H8BrFN2O. The van der Waals surface area contributed by atoms with Crippen LogP contribution in [0.15, 0.2) is 22.8 Å². The molecule has 1 heterocycles. The molecule has 0 amide bonds. The number of nitrogens with zero attached hydrogens (tertiary/aromatic N) is 2. The Kier molecular flexibility index (Phi) is 2.52. The molecule has 3 nitrogen and oxygen atoms in total. The number of fused-ring (bicyclic) bond motifs is 1. The van der Waals surface area contributed by atoms with Gasteiger partial charge in [0, 0.05) is 9.86 Å². The second-order valence-electron chi connectivity index (χ2n) is 2.91. The van der Waals surface area contributed by atoms with E-state index < -0.39 is 0 Å². The summed E-state index contributed by atoms with van der Waals surface area (Å²) >= 11 is 3.26. The van der Waals surface area contributed by atoms with Crippen LogP contribution in [0.3, 0.4) is 0 Å². The van der Waals surface area contributed by atoms with Gasteiger partial charge < -0.3 is 5.11 Å². The van der Waals surface area contributed by atoms with Crippen molar-refractivity contribution in [1.82, 2.24) is 9.78 Å². The molecule has 0 unspecified atom stereocenters. The maximum Gasteiger partial charge on any atom is 0.126 e. The molecule has 1 N–H and O–H groups in total. The summed E-state index contributed by atoms with van der Waals surface area (Å²) < 4.78 is 15.3. The van der Waals surface area contributed by atoms with Gasteiger partial charge in [0.1, 0.15) is 5.82 Å². The fraction of sp³-hybridized carbons (Fsp3) is 0.222. The fourth-order valence-electron chi connectivity index (χ4n) is 1.38. The van der Waals surface area contributed by atoms with E-state index in [0.29, 0.717) is 16.5 Å². The molecule has 0 radical (unpaired) electrons. The lowest BCUT2D eigenvalue weighted by Gasteiger charge is -2.00. The van der Waals surface area contributed by atoms with Crippen LogP contribution >= 0.6 is 15.9 Å². The van der Waals surface area contributed by atoms with E-state index in [1.54, 1.807) is 10.9 Å². The molecule has 0 saturated heterocycles. The Balaban J connectivity index is 2.66. The topological polar surface area (TPSA) is 38.0 Å². The van der Waals surface area contributed by atoms with Gasteiger partial charge in [-0.3, -0.25) is 4.68 Å². The van der Waals surface area contributed by atoms with Gasteiger partial charge in [-0.25, -0.2) is 4.39 Å². The predicted octanol–water partition coefficient (Wildman–Crippen LogP) is 1.93. The first-order valence-electron chi connectivity index (χ1n) is 4.14. The Bertz CT molecular complexity index is 469. The maximum atomic E-state index is 13.1. The van der Waals surface area contributed by atoms with Crippen molar-refractivity contribution in [2.45, 2.75) is 6.54 Å². The average Bonchev–Trinajstić information content (AvgIpc) is 2.49. The summed E-state index contributed by atoms with van der Waals surface area (Å²) in [4.78, 5) is 0. The Labute approximate surface area is 88.3 Å². The highest BCUT2D eigenvalue weighted by Crippen LogP contribution is 2.24. The molecule has 0 fully saturated rings. The summed E-state index contributed by atoms with van der Waals surface area (Å²) in [5, 5.41) is 13.7. The minimum Gasteiger partial charge on any atom is -0.394 e. The van der Waals surface area contributed by atoms with Gasteiger partial charge >= 0.3 is 0 Å². The number of rotatable bonds is 2. The van der Waals surface area contributed by atoms with Crippen molar-refractivity contribution in [3.8, 4) is 0 Å². The van der Waals surface area contributed by atoms with Crippen LogP contribution in [-0.2, 0) is 6.54 Å². The van der Waals surface area contributed by atoms with Crippen molar-refractivity contribution in [3.05, 3.63) is 28.6 Å². The number of halogens is 2. The van der Waals surface area contributed by atoms with Crippen LogP contribution in [0, 0.1) is 5.82 Å². The SMILES string of the molecule is OCCn1ncc2c(Br)cc(F)cc21. The molecular weight excluding hydrogens is 251 g/mol. The second-order valence-corrected chi connectivity index (χ2v) is 3.77. The van der Waals surface area contributed by atoms with Crippen LogP contribution in [-0.4, -0.2) is 21.5 Å². The molecule has 0 aliphatic carbocycles. The van der Waals surface area contributed by atoms with Crippen LogP contribution in [0.2, 0.25) is 0 Å². The number of aliphatic hydroxyl groups is 1. The maximum absolute atomic E-state index is 13.1. The first kappa shape index (κ1) is 9.61. The zero-order valence-electron chi connectivity index (χ0n) is 7.24. The van der Waals surface area contributed by atoms with Gasteiger partial charge in [-0.15, -0.1) is 0 Å². The van der Waals surface area contributed by atoms with Crippen molar-refractivity contribution in [2.24, 2.45) is 0 Å². The lowest BCUT2D eigenvalue weighted by Crippen LogP contribution is -2.03. The van der Waals surface area contributed by atoms with E-state index in [1.807, 2.05) is 0 Å². The van der Waals surface area contributed by atoms with E-state index >= 15 is 0 Å². The molecule has 2 rings (SSSR count). The molecule has 0 atom stereocenters. The van der Waals surface area contributed by atoms with Crippen molar-refractivity contribution in [1.29, 1.82) is 0 Å². The van der Waals surface area contributed by atoms with Crippen molar-refractivity contribution in [3.63, 3.8) is 0 Å². The normalized spacial score (nSPS) is 11.1. The molecule has 0 aliphatic heterocycles. The van der Waals surface area contributed by atoms with Crippen LogP contribution in [0.4, 0.5) is 4.39 Å². The molecule has 14 heavy (non-hydrogen) atoms. The van der Waals surface area contributed by atoms with Gasteiger partial charge in [0.2, 0.25) is 0 Å². The monoisotopic (exact) mass is 258 g/mol. The van der Waals surface area contributed by atoms with Gasteiger partial charge in [0.15, 0.2) is 0 Å². The number of aromatic nitrogens is 2. The number of benzene rings is 1. The lowest BCUT2D eigenvalue weighted by atomic mass is 10.2. The molecule has 1 aromatic carbocycles. The van der Waals surface area contributed by atoms with E-state index in [4.69, 9.17) is 5.11 Å². The summed E-state index contributed by atoms with van der Waals surface area (Å²) in [6, 6.07) is 2.80. The molecule has 74 valence electrons. The summed E-state index contributed by atoms with van der Waals surface area (Å²) in [6.45, 7) is 0.365. The molecule has 0 saturated carbocycles. The molecule has 1 aromatic heterocycles. The summed E-state index contributed by atoms with van der Waals surface area (Å²) in [5.41, 5.74) is 0.686. The van der Waals surface area contributed by atoms with Crippen molar-refractivity contribution < 1.29 is 9.50 Å². The van der Waals surface area contributed by atoms with Crippen LogP contribution in [0.1, 0.15) is 0 Å². The molecule has 5 heteroatoms. The Morgan fingerprint density at radius 3 is 3.00 bits per heavy atom. The van der Waals surface area contributed by atoms with Crippen molar-refractivity contribution >= 4 is 26.8 Å². The smallest absolute Gasteiger partial charge is 0.126 e. The largest absolute Gasteiger partial charge is 0.394 e. The number of aliphatic hydroxyl groups excluding tert-OH is 1. The number of hydrogen-bond donors (Lipinski definition) is 1. The molecule has 0 aliphatic rings. The summed E-state index contributed by atoms with van der Waals surface area (Å²) in [7, 11) is 0. The average molecular weight is 259 g/mol. The predicted molar refractivity (Wildman–Crippen MR) is 54.5 cm³/mol. The zero-order valence-corrected chi connectivity index (χ0v) is 8.83. The first-order valence-corrected chi connectivity index (χ1v) is 4.93. The van der Waals surface area contributed by atoms with Gasteiger partial charge in [0.05, 0.1) is 24.9 Å². The minimum atomic E-state index is -0.316. The van der Waals surface area contributed by atoms with Gasteiger partial charge in [-0.2, -0.15) is 5.10 Å². The highest BCUT2D eigenvalue weighted by molar-refractivity contribution is 9.10. The van der Waals surface area contributed by atoms with Gasteiger partial charge in [-0.05, 0) is 28.1 Å². The Hall–Kier alpha value is -0.940. The Morgan fingerprint density at radius 2 is 2.29 bits per heavy atom. The molecule has 0 spiro atoms. The van der Waals surface area contributed by atoms with Gasteiger partial charge in [-0.1, -0.05) is 0 Å². The second kappa shape index (κ2) is 3.67. The molecule has 0 bridgehead atoms. The zero-order chi connectivity index (χ0) is 10.1. The summed E-state index contributed by atoms with van der Waals surface area (Å²) in [6.07, 6.45) is 1.65. The highest BCUT2D eigenvalue weighted by Gasteiger charge is 2.07. The van der Waals surface area contributed by atoms with E-state index in [9.17, 15) is 4.39 Å². The highest BCUT2D eigenvalue weighted by atomic mass is 79.9. The van der Waals surface area contributed by atoms with E-state index in [0.717, 1.165) is 5.39 Å². The minimum absolute atomic E-state index is 0.00902. The van der Waals surface area contributed by atoms with E-state index in [2.05, 4.69) is 21.0 Å². The quantitative estimate of drug-likeness (QED) is 0.894. The van der Waals surface area contributed by atoms with E-state index in [-0.39, 0.29) is 12.4 Å². The summed E-state index contributed by atoms with van der Waals surface area (Å²) in [5.74, 6) is -0.316. The first-order chi connectivity index (χ1) is 6.72.